The van der Waals surface area contributed by atoms with Crippen molar-refractivity contribution in [2.24, 2.45) is 0 Å². The molecule has 4 atom stereocenters. The van der Waals surface area contributed by atoms with Gasteiger partial charge in [0, 0.05) is 0 Å². The summed E-state index contributed by atoms with van der Waals surface area (Å²) >= 11 is 0. The number of fused-ring (bicyclic) bond motifs is 1. The Morgan fingerprint density at radius 3 is 2.17 bits per heavy atom. The Morgan fingerprint density at radius 2 is 1.33 bits per heavy atom. The highest BCUT2D eigenvalue weighted by Crippen LogP contribution is 2.57. The van der Waals surface area contributed by atoms with Crippen LogP contribution >= 0.6 is 0 Å². The fraction of sp³-hybridized carbons (Fsp3) is 0.190. The smallest absolute Gasteiger partial charge is 0.426 e. The minimum atomic E-state index is -0.537. The van der Waals surface area contributed by atoms with Crippen LogP contribution in [0.2, 0.25) is 0 Å². The molecule has 0 unspecified atom stereocenters. The second-order valence-electron chi connectivity index (χ2n) is 6.79. The van der Waals surface area contributed by atoms with Gasteiger partial charge in [0.2, 0.25) is 0 Å². The van der Waals surface area contributed by atoms with Crippen LogP contribution in [0.4, 0.5) is 4.79 Å². The number of carbonyl (C=O) groups excluding carboxylic acids is 1. The van der Waals surface area contributed by atoms with Crippen LogP contribution in [0, 0.1) is 0 Å². The lowest BCUT2D eigenvalue weighted by atomic mass is 9.60. The van der Waals surface area contributed by atoms with E-state index in [0.29, 0.717) is 0 Å². The SMILES string of the molecule is O=C1O[C@@H]2[C@@H]3c4ccccc4[C@H](c4c3ccc3ccccc43)[C@H]2O1. The number of hydrogen-bond acceptors (Lipinski definition) is 3. The molecule has 1 fully saturated rings. The van der Waals surface area contributed by atoms with Gasteiger partial charge < -0.3 is 9.47 Å². The van der Waals surface area contributed by atoms with Gasteiger partial charge in [0.15, 0.2) is 12.2 Å². The van der Waals surface area contributed by atoms with E-state index in [-0.39, 0.29) is 24.0 Å². The first kappa shape index (κ1) is 12.6. The van der Waals surface area contributed by atoms with Crippen molar-refractivity contribution in [1.82, 2.24) is 0 Å². The van der Waals surface area contributed by atoms with Gasteiger partial charge >= 0.3 is 6.16 Å². The van der Waals surface area contributed by atoms with Gasteiger partial charge in [0.1, 0.15) is 0 Å². The summed E-state index contributed by atoms with van der Waals surface area (Å²) in [4.78, 5) is 11.8. The molecule has 3 nitrogen and oxygen atoms in total. The molecular weight excluding hydrogens is 300 g/mol. The van der Waals surface area contributed by atoms with Crippen molar-refractivity contribution in [3.8, 4) is 0 Å². The normalized spacial score (nSPS) is 28.8. The van der Waals surface area contributed by atoms with Gasteiger partial charge in [-0.1, -0.05) is 60.7 Å². The topological polar surface area (TPSA) is 35.5 Å². The molecule has 24 heavy (non-hydrogen) atoms. The maximum absolute atomic E-state index is 11.8. The molecule has 0 amide bonds. The number of rotatable bonds is 0. The molecule has 116 valence electrons. The highest BCUT2D eigenvalue weighted by molar-refractivity contribution is 5.90. The third-order valence-electron chi connectivity index (χ3n) is 5.76. The highest BCUT2D eigenvalue weighted by Gasteiger charge is 2.57. The van der Waals surface area contributed by atoms with E-state index in [1.165, 1.54) is 33.0 Å². The van der Waals surface area contributed by atoms with Gasteiger partial charge in [0.25, 0.3) is 0 Å². The van der Waals surface area contributed by atoms with E-state index in [0.717, 1.165) is 0 Å². The Kier molecular flexibility index (Phi) is 2.19. The Labute approximate surface area is 138 Å². The van der Waals surface area contributed by atoms with Crippen LogP contribution in [-0.4, -0.2) is 18.4 Å². The minimum absolute atomic E-state index is 0.0451. The van der Waals surface area contributed by atoms with Crippen molar-refractivity contribution < 1.29 is 14.3 Å². The van der Waals surface area contributed by atoms with Crippen LogP contribution in [0.25, 0.3) is 10.8 Å². The molecule has 0 aromatic heterocycles. The van der Waals surface area contributed by atoms with E-state index in [1.807, 2.05) is 0 Å². The third-order valence-corrected chi connectivity index (χ3v) is 5.76. The zero-order valence-electron chi connectivity index (χ0n) is 12.8. The van der Waals surface area contributed by atoms with Crippen LogP contribution in [0.5, 0.6) is 0 Å². The molecule has 7 rings (SSSR count). The Bertz CT molecular complexity index is 1020. The molecule has 0 N–H and O–H groups in total. The predicted molar refractivity (Wildman–Crippen MR) is 89.2 cm³/mol. The zero-order valence-corrected chi connectivity index (χ0v) is 12.8. The second kappa shape index (κ2) is 4.18. The molecule has 1 saturated heterocycles. The van der Waals surface area contributed by atoms with E-state index in [1.54, 1.807) is 0 Å². The Balaban J connectivity index is 1.73. The third kappa shape index (κ3) is 1.37. The number of benzene rings is 3. The number of hydrogen-bond donors (Lipinski definition) is 0. The van der Waals surface area contributed by atoms with E-state index < -0.39 is 6.16 Å². The Hall–Kier alpha value is -2.81. The summed E-state index contributed by atoms with van der Waals surface area (Å²) in [6.45, 7) is 0. The minimum Gasteiger partial charge on any atom is -0.426 e. The molecule has 3 aromatic rings. The molecule has 3 aromatic carbocycles. The van der Waals surface area contributed by atoms with Crippen molar-refractivity contribution in [2.45, 2.75) is 24.0 Å². The molecule has 0 radical (unpaired) electrons. The fourth-order valence-electron chi connectivity index (χ4n) is 4.93. The lowest BCUT2D eigenvalue weighted by Gasteiger charge is -2.45. The monoisotopic (exact) mass is 314 g/mol. The average Bonchev–Trinajstić information content (AvgIpc) is 3.02. The fourth-order valence-corrected chi connectivity index (χ4v) is 4.93. The average molecular weight is 314 g/mol. The van der Waals surface area contributed by atoms with E-state index >= 15 is 0 Å². The first-order valence-corrected chi connectivity index (χ1v) is 8.30. The van der Waals surface area contributed by atoms with Crippen LogP contribution in [0.3, 0.4) is 0 Å². The summed E-state index contributed by atoms with van der Waals surface area (Å²) in [5.41, 5.74) is 5.11. The van der Waals surface area contributed by atoms with Gasteiger partial charge in [-0.25, -0.2) is 4.79 Å². The van der Waals surface area contributed by atoms with Crippen molar-refractivity contribution in [1.29, 1.82) is 0 Å². The van der Waals surface area contributed by atoms with Crippen LogP contribution in [0.15, 0.2) is 60.7 Å². The van der Waals surface area contributed by atoms with Gasteiger partial charge in [0.05, 0.1) is 11.8 Å². The van der Waals surface area contributed by atoms with Crippen molar-refractivity contribution >= 4 is 16.9 Å². The quantitative estimate of drug-likeness (QED) is 0.579. The summed E-state index contributed by atoms with van der Waals surface area (Å²) in [7, 11) is 0. The first-order valence-electron chi connectivity index (χ1n) is 8.30. The zero-order chi connectivity index (χ0) is 15.8. The van der Waals surface area contributed by atoms with E-state index in [2.05, 4.69) is 60.7 Å². The van der Waals surface area contributed by atoms with Gasteiger partial charge in [-0.3, -0.25) is 0 Å². The van der Waals surface area contributed by atoms with Crippen molar-refractivity contribution in [3.05, 3.63) is 82.9 Å². The van der Waals surface area contributed by atoms with Crippen LogP contribution in [0.1, 0.15) is 34.1 Å². The predicted octanol–water partition coefficient (Wildman–Crippen LogP) is 4.33. The van der Waals surface area contributed by atoms with Gasteiger partial charge in [-0.15, -0.1) is 0 Å². The van der Waals surface area contributed by atoms with E-state index in [4.69, 9.17) is 9.47 Å². The maximum Gasteiger partial charge on any atom is 0.509 e. The van der Waals surface area contributed by atoms with Crippen LogP contribution < -0.4 is 0 Å². The molecule has 4 aliphatic rings. The molecule has 1 heterocycles. The molecular formula is C21H14O3. The van der Waals surface area contributed by atoms with Crippen LogP contribution in [-0.2, 0) is 9.47 Å². The maximum atomic E-state index is 11.8. The molecule has 2 bridgehead atoms. The molecule has 3 heteroatoms. The highest BCUT2D eigenvalue weighted by atomic mass is 16.8. The molecule has 1 aliphatic heterocycles. The molecule has 0 spiro atoms. The van der Waals surface area contributed by atoms with Gasteiger partial charge in [-0.2, -0.15) is 0 Å². The van der Waals surface area contributed by atoms with Crippen molar-refractivity contribution in [3.63, 3.8) is 0 Å². The molecule has 3 aliphatic carbocycles. The lowest BCUT2D eigenvalue weighted by molar-refractivity contribution is 0.104. The number of carbonyl (C=O) groups is 1. The van der Waals surface area contributed by atoms with Crippen molar-refractivity contribution in [2.75, 3.05) is 0 Å². The summed E-state index contributed by atoms with van der Waals surface area (Å²) in [5, 5.41) is 2.48. The second-order valence-corrected chi connectivity index (χ2v) is 6.79. The van der Waals surface area contributed by atoms with E-state index in [9.17, 15) is 4.79 Å². The summed E-state index contributed by atoms with van der Waals surface area (Å²) in [6.07, 6.45) is -0.980. The summed E-state index contributed by atoms with van der Waals surface area (Å²) in [5.74, 6) is 0.103. The number of ether oxygens (including phenoxy) is 2. The Morgan fingerprint density at radius 1 is 0.667 bits per heavy atom. The lowest BCUT2D eigenvalue weighted by Crippen LogP contribution is -2.45. The largest absolute Gasteiger partial charge is 0.509 e. The molecule has 0 saturated carbocycles. The van der Waals surface area contributed by atoms with Gasteiger partial charge in [-0.05, 0) is 33.0 Å². The summed E-state index contributed by atoms with van der Waals surface area (Å²) < 4.78 is 11.2. The first-order chi connectivity index (χ1) is 11.8. The summed E-state index contributed by atoms with van der Waals surface area (Å²) in [6, 6.07) is 21.3. The standard InChI is InChI=1S/C21H14O3/c22-21-23-19-17-13-7-3-4-8-14(13)18(20(19)24-21)16-12-6-2-1-5-11(12)9-10-15(16)17/h1-10,17-20H/t17-,18-,19-,20-/m1/s1.